The number of Topliss-reactive ketones (excluding diaryl/α,β-unsaturated/α-hetero) is 1. The van der Waals surface area contributed by atoms with Crippen molar-refractivity contribution < 1.29 is 27.4 Å². The van der Waals surface area contributed by atoms with E-state index in [0.717, 1.165) is 4.31 Å². The molecule has 8 heteroatoms. The lowest BCUT2D eigenvalue weighted by Crippen LogP contribution is -2.33. The minimum atomic E-state index is -3.62. The molecule has 0 radical (unpaired) electrons. The molecule has 0 spiro atoms. The lowest BCUT2D eigenvalue weighted by atomic mass is 9.91. The Morgan fingerprint density at radius 1 is 1.36 bits per heavy atom. The van der Waals surface area contributed by atoms with Gasteiger partial charge >= 0.3 is 0 Å². The number of aliphatic hydroxyl groups excluding tert-OH is 1. The Kier molecular flexibility index (Phi) is 3.17. The summed E-state index contributed by atoms with van der Waals surface area (Å²) in [7, 11) is -3.62. The van der Waals surface area contributed by atoms with Crippen molar-refractivity contribution in [3.8, 4) is 0 Å². The fraction of sp³-hybridized carbons (Fsp3) is 0.357. The molecule has 22 heavy (non-hydrogen) atoms. The number of hydrogen-bond acceptors (Lipinski definition) is 5. The maximum absolute atomic E-state index is 14.0. The van der Waals surface area contributed by atoms with Crippen LogP contribution in [0.15, 0.2) is 35.9 Å². The van der Waals surface area contributed by atoms with Gasteiger partial charge in [-0.1, -0.05) is 18.2 Å². The van der Waals surface area contributed by atoms with Crippen LogP contribution in [0.1, 0.15) is 18.9 Å². The van der Waals surface area contributed by atoms with Crippen LogP contribution in [0.2, 0.25) is 0 Å². The van der Waals surface area contributed by atoms with Crippen molar-refractivity contribution in [2.45, 2.75) is 18.9 Å². The molecule has 1 aromatic rings. The number of halogens is 1. The number of carbonyl (C=O) groups excluding carboxylic acids is 1. The molecule has 118 valence electrons. The Balaban J connectivity index is 2.05. The third-order valence-electron chi connectivity index (χ3n) is 3.87. The van der Waals surface area contributed by atoms with E-state index in [4.69, 9.17) is 4.74 Å². The lowest BCUT2D eigenvalue weighted by Gasteiger charge is -2.26. The maximum Gasteiger partial charge on any atom is 0.252 e. The first-order valence-corrected chi connectivity index (χ1v) is 8.31. The van der Waals surface area contributed by atoms with Crippen LogP contribution in [-0.2, 0) is 25.2 Å². The molecule has 0 aliphatic carbocycles. The van der Waals surface area contributed by atoms with E-state index in [1.165, 1.54) is 31.2 Å². The number of aliphatic hydroxyl groups is 1. The highest BCUT2D eigenvalue weighted by Gasteiger charge is 2.52. The van der Waals surface area contributed by atoms with Crippen molar-refractivity contribution in [1.82, 2.24) is 4.31 Å². The SMILES string of the molecule is CC1(c2ccccc2F)OC(N2CCCS2(=O)=O)=C(O)C1=O. The molecule has 3 rings (SSSR count). The van der Waals surface area contributed by atoms with Crippen LogP contribution in [0.25, 0.3) is 0 Å². The summed E-state index contributed by atoms with van der Waals surface area (Å²) in [5.41, 5.74) is -1.85. The molecule has 2 aliphatic rings. The molecule has 0 saturated carbocycles. The number of ketones is 1. The quantitative estimate of drug-likeness (QED) is 0.888. The van der Waals surface area contributed by atoms with Crippen molar-refractivity contribution in [2.75, 3.05) is 12.3 Å². The van der Waals surface area contributed by atoms with Crippen LogP contribution in [0, 0.1) is 5.82 Å². The van der Waals surface area contributed by atoms with Gasteiger partial charge in [0.2, 0.25) is 21.4 Å². The number of benzene rings is 1. The van der Waals surface area contributed by atoms with Crippen molar-refractivity contribution in [3.05, 3.63) is 47.3 Å². The van der Waals surface area contributed by atoms with E-state index >= 15 is 0 Å². The fourth-order valence-electron chi connectivity index (χ4n) is 2.67. The summed E-state index contributed by atoms with van der Waals surface area (Å²) in [5, 5.41) is 10.0. The summed E-state index contributed by atoms with van der Waals surface area (Å²) < 4.78 is 44.2. The second-order valence-electron chi connectivity index (χ2n) is 5.34. The lowest BCUT2D eigenvalue weighted by molar-refractivity contribution is -0.132. The highest BCUT2D eigenvalue weighted by molar-refractivity contribution is 7.89. The van der Waals surface area contributed by atoms with Crippen molar-refractivity contribution in [3.63, 3.8) is 0 Å². The predicted octanol–water partition coefficient (Wildman–Crippen LogP) is 1.40. The molecular formula is C14H14FNO5S. The summed E-state index contributed by atoms with van der Waals surface area (Å²) in [6.45, 7) is 1.42. The highest BCUT2D eigenvalue weighted by atomic mass is 32.2. The minimum absolute atomic E-state index is 0.0573. The minimum Gasteiger partial charge on any atom is -0.501 e. The zero-order valence-corrected chi connectivity index (χ0v) is 12.6. The first-order chi connectivity index (χ1) is 10.3. The van der Waals surface area contributed by atoms with Crippen LogP contribution in [-0.4, -0.2) is 35.9 Å². The molecule has 2 heterocycles. The van der Waals surface area contributed by atoms with Gasteiger partial charge in [-0.3, -0.25) is 4.79 Å². The Morgan fingerprint density at radius 3 is 2.64 bits per heavy atom. The van der Waals surface area contributed by atoms with E-state index < -0.39 is 38.9 Å². The van der Waals surface area contributed by atoms with Crippen LogP contribution in [0.3, 0.4) is 0 Å². The van der Waals surface area contributed by atoms with Gasteiger partial charge in [-0.05, 0) is 19.4 Å². The Hall–Kier alpha value is -2.09. The van der Waals surface area contributed by atoms with E-state index in [1.54, 1.807) is 0 Å². The van der Waals surface area contributed by atoms with Crippen LogP contribution in [0.5, 0.6) is 0 Å². The normalized spacial score (nSPS) is 27.4. The van der Waals surface area contributed by atoms with Crippen LogP contribution >= 0.6 is 0 Å². The van der Waals surface area contributed by atoms with Gasteiger partial charge in [0.1, 0.15) is 5.82 Å². The molecule has 6 nitrogen and oxygen atoms in total. The zero-order valence-electron chi connectivity index (χ0n) is 11.7. The van der Waals surface area contributed by atoms with Gasteiger partial charge in [-0.2, -0.15) is 0 Å². The second kappa shape index (κ2) is 4.70. The third-order valence-corrected chi connectivity index (χ3v) is 5.69. The molecule has 1 aromatic carbocycles. The molecule has 1 fully saturated rings. The number of ether oxygens (including phenoxy) is 1. The van der Waals surface area contributed by atoms with Crippen molar-refractivity contribution >= 4 is 15.8 Å². The molecule has 1 N–H and O–H groups in total. The van der Waals surface area contributed by atoms with Gasteiger partial charge in [0.15, 0.2) is 0 Å². The summed E-state index contributed by atoms with van der Waals surface area (Å²) in [5.74, 6) is -2.84. The van der Waals surface area contributed by atoms with Gasteiger partial charge in [0, 0.05) is 12.1 Å². The average Bonchev–Trinajstić information content (AvgIpc) is 2.92. The maximum atomic E-state index is 14.0. The van der Waals surface area contributed by atoms with E-state index in [2.05, 4.69) is 0 Å². The standard InChI is InChI=1S/C14H14FNO5S/c1-14(9-5-2-3-6-10(9)15)12(18)11(17)13(21-14)16-7-4-8-22(16,19)20/h2-3,5-6,17H,4,7-8H2,1H3. The van der Waals surface area contributed by atoms with Gasteiger partial charge in [0.05, 0.1) is 5.75 Å². The first kappa shape index (κ1) is 14.8. The zero-order chi connectivity index (χ0) is 16.1. The molecule has 0 aromatic heterocycles. The van der Waals surface area contributed by atoms with E-state index in [1.807, 2.05) is 0 Å². The molecule has 0 amide bonds. The molecular weight excluding hydrogens is 313 g/mol. The molecule has 1 unspecified atom stereocenters. The highest BCUT2D eigenvalue weighted by Crippen LogP contribution is 2.41. The van der Waals surface area contributed by atoms with Crippen LogP contribution < -0.4 is 0 Å². The Labute approximate surface area is 126 Å². The van der Waals surface area contributed by atoms with E-state index in [-0.39, 0.29) is 17.9 Å². The van der Waals surface area contributed by atoms with Gasteiger partial charge in [-0.15, -0.1) is 0 Å². The summed E-state index contributed by atoms with van der Waals surface area (Å²) >= 11 is 0. The number of rotatable bonds is 2. The molecule has 1 saturated heterocycles. The largest absolute Gasteiger partial charge is 0.501 e. The first-order valence-electron chi connectivity index (χ1n) is 6.70. The number of sulfonamides is 1. The third kappa shape index (κ3) is 1.98. The van der Waals surface area contributed by atoms with Gasteiger partial charge < -0.3 is 9.84 Å². The summed E-state index contributed by atoms with van der Waals surface area (Å²) in [6.07, 6.45) is 0.368. The monoisotopic (exact) mass is 327 g/mol. The molecule has 1 atom stereocenters. The number of hydrogen-bond donors (Lipinski definition) is 1. The van der Waals surface area contributed by atoms with Crippen molar-refractivity contribution in [2.24, 2.45) is 0 Å². The number of carbonyl (C=O) groups is 1. The average molecular weight is 327 g/mol. The summed E-state index contributed by atoms with van der Waals surface area (Å²) in [4.78, 5) is 12.3. The fourth-order valence-corrected chi connectivity index (χ4v) is 4.17. The van der Waals surface area contributed by atoms with E-state index in [0.29, 0.717) is 6.42 Å². The number of nitrogens with zero attached hydrogens (tertiary/aromatic N) is 1. The summed E-state index contributed by atoms with van der Waals surface area (Å²) in [6, 6.07) is 5.52. The van der Waals surface area contributed by atoms with E-state index in [9.17, 15) is 22.7 Å². The van der Waals surface area contributed by atoms with Gasteiger partial charge in [-0.25, -0.2) is 17.1 Å². The molecule has 0 bridgehead atoms. The molecule has 2 aliphatic heterocycles. The Bertz CT molecular complexity index is 788. The topological polar surface area (TPSA) is 83.9 Å². The van der Waals surface area contributed by atoms with Crippen molar-refractivity contribution in [1.29, 1.82) is 0 Å². The Morgan fingerprint density at radius 2 is 2.05 bits per heavy atom. The van der Waals surface area contributed by atoms with Gasteiger partial charge in [0.25, 0.3) is 11.7 Å². The predicted molar refractivity (Wildman–Crippen MR) is 74.6 cm³/mol. The van der Waals surface area contributed by atoms with Crippen LogP contribution in [0.4, 0.5) is 4.39 Å². The second-order valence-corrected chi connectivity index (χ2v) is 7.35. The smallest absolute Gasteiger partial charge is 0.252 e.